The molecule has 0 unspecified atom stereocenters. The summed E-state index contributed by atoms with van der Waals surface area (Å²) in [6.07, 6.45) is 2.81. The van der Waals surface area contributed by atoms with E-state index in [0.717, 1.165) is 0 Å². The van der Waals surface area contributed by atoms with Gasteiger partial charge in [-0.2, -0.15) is 0 Å². The molecule has 3 nitrogen and oxygen atoms in total. The number of nitrogens with zero attached hydrogens (tertiary/aromatic N) is 1. The number of rotatable bonds is 2. The largest absolute Gasteiger partial charge is 0.452 e. The molecule has 2 aromatic rings. The van der Waals surface area contributed by atoms with Crippen LogP contribution < -0.4 is 0 Å². The van der Waals surface area contributed by atoms with Crippen LogP contribution in [0.3, 0.4) is 0 Å². The smallest absolute Gasteiger partial charge is 0.204 e. The second-order valence-corrected chi connectivity index (χ2v) is 2.98. The molecule has 5 heteroatoms. The lowest BCUT2D eigenvalue weighted by Crippen LogP contribution is -1.80. The van der Waals surface area contributed by atoms with Crippen LogP contribution in [-0.4, -0.2) is 4.98 Å². The zero-order chi connectivity index (χ0) is 9.26. The van der Waals surface area contributed by atoms with Gasteiger partial charge in [-0.1, -0.05) is 0 Å². The van der Waals surface area contributed by atoms with Gasteiger partial charge in [0.25, 0.3) is 0 Å². The standard InChI is InChI=1S/C8H5Cl2NO2/c9-3-6-7(13-4-11-6)5-1-2-12-8(5)10/h1-2,4H,3H2. The van der Waals surface area contributed by atoms with Crippen molar-refractivity contribution in [2.75, 3.05) is 0 Å². The number of oxazole rings is 1. The van der Waals surface area contributed by atoms with E-state index in [2.05, 4.69) is 4.98 Å². The van der Waals surface area contributed by atoms with Gasteiger partial charge in [0, 0.05) is 0 Å². The van der Waals surface area contributed by atoms with Crippen LogP contribution in [0.5, 0.6) is 0 Å². The molecule has 2 aromatic heterocycles. The molecule has 0 saturated carbocycles. The van der Waals surface area contributed by atoms with Gasteiger partial charge in [-0.05, 0) is 17.7 Å². The van der Waals surface area contributed by atoms with Crippen molar-refractivity contribution in [3.63, 3.8) is 0 Å². The van der Waals surface area contributed by atoms with Crippen LogP contribution in [0.15, 0.2) is 27.6 Å². The molecule has 0 fully saturated rings. The molecule has 0 N–H and O–H groups in total. The molecule has 0 aliphatic heterocycles. The third-order valence-corrected chi connectivity index (χ3v) is 2.18. The minimum atomic E-state index is 0.281. The Balaban J connectivity index is 2.52. The number of aromatic nitrogens is 1. The fraction of sp³-hybridized carbons (Fsp3) is 0.125. The average molecular weight is 218 g/mol. The summed E-state index contributed by atoms with van der Waals surface area (Å²) in [5, 5.41) is 0.281. The first-order valence-corrected chi connectivity index (χ1v) is 4.46. The summed E-state index contributed by atoms with van der Waals surface area (Å²) in [6.45, 7) is 0. The van der Waals surface area contributed by atoms with Crippen molar-refractivity contribution in [1.29, 1.82) is 0 Å². The van der Waals surface area contributed by atoms with Crippen molar-refractivity contribution in [2.45, 2.75) is 5.88 Å². The lowest BCUT2D eigenvalue weighted by Gasteiger charge is -1.93. The summed E-state index contributed by atoms with van der Waals surface area (Å²) in [7, 11) is 0. The summed E-state index contributed by atoms with van der Waals surface area (Å²) in [4.78, 5) is 3.93. The van der Waals surface area contributed by atoms with Crippen LogP contribution in [-0.2, 0) is 5.88 Å². The molecule has 0 atom stereocenters. The Morgan fingerprint density at radius 1 is 1.38 bits per heavy atom. The van der Waals surface area contributed by atoms with Gasteiger partial charge >= 0.3 is 0 Å². The Kier molecular flexibility index (Phi) is 2.29. The maximum Gasteiger partial charge on any atom is 0.204 e. The van der Waals surface area contributed by atoms with Crippen LogP contribution in [0.4, 0.5) is 0 Å². The third-order valence-electron chi connectivity index (χ3n) is 1.63. The van der Waals surface area contributed by atoms with Crippen molar-refractivity contribution in [1.82, 2.24) is 4.98 Å². The number of halogens is 2. The van der Waals surface area contributed by atoms with Gasteiger partial charge in [0.15, 0.2) is 12.2 Å². The van der Waals surface area contributed by atoms with Crippen molar-refractivity contribution < 1.29 is 8.83 Å². The zero-order valence-corrected chi connectivity index (χ0v) is 7.97. The number of hydrogen-bond acceptors (Lipinski definition) is 3. The monoisotopic (exact) mass is 217 g/mol. The molecule has 13 heavy (non-hydrogen) atoms. The molecule has 0 radical (unpaired) electrons. The van der Waals surface area contributed by atoms with E-state index in [1.54, 1.807) is 6.07 Å². The predicted molar refractivity (Wildman–Crippen MR) is 48.8 cm³/mol. The number of furan rings is 1. The summed E-state index contributed by atoms with van der Waals surface area (Å²) >= 11 is 11.4. The maximum absolute atomic E-state index is 5.76. The first-order chi connectivity index (χ1) is 6.33. The van der Waals surface area contributed by atoms with Crippen molar-refractivity contribution in [2.24, 2.45) is 0 Å². The van der Waals surface area contributed by atoms with E-state index < -0.39 is 0 Å². The van der Waals surface area contributed by atoms with Crippen LogP contribution in [0.1, 0.15) is 5.69 Å². The quantitative estimate of drug-likeness (QED) is 0.725. The second kappa shape index (κ2) is 3.44. The van der Waals surface area contributed by atoms with Crippen molar-refractivity contribution in [3.8, 4) is 11.3 Å². The fourth-order valence-corrected chi connectivity index (χ4v) is 1.43. The van der Waals surface area contributed by atoms with E-state index >= 15 is 0 Å². The van der Waals surface area contributed by atoms with Crippen LogP contribution in [0, 0.1) is 0 Å². The Hall–Kier alpha value is -0.930. The van der Waals surface area contributed by atoms with Crippen LogP contribution >= 0.6 is 23.2 Å². The molecule has 0 saturated heterocycles. The van der Waals surface area contributed by atoms with Gasteiger partial charge in [-0.15, -0.1) is 11.6 Å². The Morgan fingerprint density at radius 3 is 2.85 bits per heavy atom. The van der Waals surface area contributed by atoms with E-state index in [0.29, 0.717) is 17.0 Å². The lowest BCUT2D eigenvalue weighted by molar-refractivity contribution is 0.558. The summed E-state index contributed by atoms with van der Waals surface area (Å²) in [5.41, 5.74) is 1.33. The molecule has 0 spiro atoms. The lowest BCUT2D eigenvalue weighted by atomic mass is 10.2. The Bertz CT molecular complexity index is 408. The topological polar surface area (TPSA) is 39.2 Å². The van der Waals surface area contributed by atoms with Crippen molar-refractivity contribution in [3.05, 3.63) is 29.6 Å². The molecule has 0 aliphatic carbocycles. The van der Waals surface area contributed by atoms with Gasteiger partial charge < -0.3 is 8.83 Å². The maximum atomic E-state index is 5.76. The highest BCUT2D eigenvalue weighted by Gasteiger charge is 2.14. The van der Waals surface area contributed by atoms with E-state index in [1.165, 1.54) is 12.7 Å². The van der Waals surface area contributed by atoms with E-state index in [9.17, 15) is 0 Å². The van der Waals surface area contributed by atoms with Gasteiger partial charge in [0.2, 0.25) is 5.22 Å². The highest BCUT2D eigenvalue weighted by molar-refractivity contribution is 6.31. The van der Waals surface area contributed by atoms with E-state index in [1.807, 2.05) is 0 Å². The molecule has 0 aliphatic rings. The third kappa shape index (κ3) is 1.45. The summed E-state index contributed by atoms with van der Waals surface area (Å²) in [6, 6.07) is 1.71. The second-order valence-electron chi connectivity index (χ2n) is 2.37. The first kappa shape index (κ1) is 8.66. The zero-order valence-electron chi connectivity index (χ0n) is 6.46. The van der Waals surface area contributed by atoms with Crippen LogP contribution in [0.2, 0.25) is 5.22 Å². The summed E-state index contributed by atoms with van der Waals surface area (Å²) in [5.74, 6) is 0.849. The van der Waals surface area contributed by atoms with E-state index in [4.69, 9.17) is 32.0 Å². The molecule has 68 valence electrons. The molecule has 2 rings (SSSR count). The number of hydrogen-bond donors (Lipinski definition) is 0. The highest BCUT2D eigenvalue weighted by atomic mass is 35.5. The minimum Gasteiger partial charge on any atom is -0.452 e. The van der Waals surface area contributed by atoms with Gasteiger partial charge in [-0.3, -0.25) is 0 Å². The summed E-state index contributed by atoms with van der Waals surface area (Å²) < 4.78 is 10.1. The highest BCUT2D eigenvalue weighted by Crippen LogP contribution is 2.31. The molecule has 0 aromatic carbocycles. The molecular weight excluding hydrogens is 213 g/mol. The minimum absolute atomic E-state index is 0.281. The van der Waals surface area contributed by atoms with E-state index in [-0.39, 0.29) is 11.1 Å². The Labute approximate surface area is 84.3 Å². The first-order valence-electron chi connectivity index (χ1n) is 3.54. The number of alkyl halides is 1. The SMILES string of the molecule is ClCc1ncoc1-c1ccoc1Cl. The molecular formula is C8H5Cl2NO2. The molecule has 0 bridgehead atoms. The van der Waals surface area contributed by atoms with Gasteiger partial charge in [0.1, 0.15) is 5.69 Å². The normalized spacial score (nSPS) is 10.6. The average Bonchev–Trinajstić information content (AvgIpc) is 2.71. The molecule has 2 heterocycles. The van der Waals surface area contributed by atoms with Crippen LogP contribution in [0.25, 0.3) is 11.3 Å². The van der Waals surface area contributed by atoms with Gasteiger partial charge in [0.05, 0.1) is 17.7 Å². The van der Waals surface area contributed by atoms with Gasteiger partial charge in [-0.25, -0.2) is 4.98 Å². The van der Waals surface area contributed by atoms with Crippen molar-refractivity contribution >= 4 is 23.2 Å². The Morgan fingerprint density at radius 2 is 2.23 bits per heavy atom. The molecule has 0 amide bonds. The fourth-order valence-electron chi connectivity index (χ4n) is 1.04. The predicted octanol–water partition coefficient (Wildman–Crippen LogP) is 3.33.